The van der Waals surface area contributed by atoms with E-state index < -0.39 is 33.9 Å². The van der Waals surface area contributed by atoms with Crippen molar-refractivity contribution < 1.29 is 32.9 Å². The zero-order valence-electron chi connectivity index (χ0n) is 32.5. The van der Waals surface area contributed by atoms with E-state index in [0.29, 0.717) is 43.9 Å². The lowest BCUT2D eigenvalue weighted by molar-refractivity contribution is -0.253. The Morgan fingerprint density at radius 2 is 1.47 bits per heavy atom. The molecule has 2 aliphatic heterocycles. The Balaban J connectivity index is 1.02. The third kappa shape index (κ3) is 10.6. The maximum absolute atomic E-state index is 13.6. The van der Waals surface area contributed by atoms with Gasteiger partial charge < -0.3 is 29.9 Å². The number of sulfonamides is 1. The van der Waals surface area contributed by atoms with E-state index in [1.807, 2.05) is 110 Å². The minimum absolute atomic E-state index is 0.0407. The lowest BCUT2D eigenvalue weighted by atomic mass is 9.84. The zero-order valence-corrected chi connectivity index (χ0v) is 34.0. The fourth-order valence-corrected chi connectivity index (χ4v) is 8.91. The summed E-state index contributed by atoms with van der Waals surface area (Å²) in [5.41, 5.74) is 5.19. The zero-order chi connectivity index (χ0) is 40.7. The molecular weight excluding hydrogens is 774 g/mol. The first-order chi connectivity index (χ1) is 28.0. The number of carbonyl (C=O) groups is 1. The maximum Gasteiger partial charge on any atom is 0.241 e. The first-order valence-electron chi connectivity index (χ1n) is 19.7. The number of carbonyl (C=O) groups excluding carboxylic acids is 1. The van der Waals surface area contributed by atoms with E-state index >= 15 is 0 Å². The van der Waals surface area contributed by atoms with Crippen LogP contribution < -0.4 is 10.0 Å². The Hall–Kier alpha value is -4.43. The van der Waals surface area contributed by atoms with Gasteiger partial charge in [0.2, 0.25) is 15.9 Å². The summed E-state index contributed by atoms with van der Waals surface area (Å²) in [6, 6.07) is 37.7. The number of likely N-dealkylation sites (tertiary alicyclic amines) is 1. The average Bonchev–Trinajstić information content (AvgIpc) is 3.24. The second-order valence-electron chi connectivity index (χ2n) is 15.3. The van der Waals surface area contributed by atoms with E-state index in [2.05, 4.69) is 14.9 Å². The first-order valence-corrected chi connectivity index (χ1v) is 21.5. The number of amides is 1. The molecule has 5 aromatic rings. The molecule has 10 nitrogen and oxygen atoms in total. The monoisotopic (exact) mass is 823 g/mol. The molecule has 0 aliphatic carbocycles. The van der Waals surface area contributed by atoms with Gasteiger partial charge in [0, 0.05) is 43.2 Å². The molecule has 4 atom stereocenters. The Kier molecular flexibility index (Phi) is 13.4. The lowest BCUT2D eigenvalue weighted by Gasteiger charge is -2.42. The largest absolute Gasteiger partial charge is 0.392 e. The molecule has 0 aromatic heterocycles. The van der Waals surface area contributed by atoms with Crippen LogP contribution in [0.2, 0.25) is 5.02 Å². The van der Waals surface area contributed by atoms with Crippen molar-refractivity contribution in [1.82, 2.24) is 14.9 Å². The lowest BCUT2D eigenvalue weighted by Crippen LogP contribution is -2.47. The predicted octanol–water partition coefficient (Wildman–Crippen LogP) is 6.88. The summed E-state index contributed by atoms with van der Waals surface area (Å²) >= 11 is 6.10. The van der Waals surface area contributed by atoms with Crippen LogP contribution in [-0.4, -0.2) is 61.2 Å². The van der Waals surface area contributed by atoms with Crippen LogP contribution in [0.4, 0.5) is 0 Å². The van der Waals surface area contributed by atoms with Crippen molar-refractivity contribution in [3.63, 3.8) is 0 Å². The molecule has 1 amide bonds. The van der Waals surface area contributed by atoms with Gasteiger partial charge in [-0.1, -0.05) is 120 Å². The van der Waals surface area contributed by atoms with Crippen LogP contribution in [0.3, 0.4) is 0 Å². The molecule has 0 bridgehead atoms. The minimum atomic E-state index is -3.97. The highest BCUT2D eigenvalue weighted by Crippen LogP contribution is 2.39. The second kappa shape index (κ2) is 18.7. The average molecular weight is 824 g/mol. The molecule has 5 aromatic carbocycles. The van der Waals surface area contributed by atoms with Gasteiger partial charge in [0.05, 0.1) is 29.3 Å². The summed E-state index contributed by atoms with van der Waals surface area (Å²) in [4.78, 5) is 16.0. The molecular formula is C46H50ClN3O7S. The Labute approximate surface area is 345 Å². The van der Waals surface area contributed by atoms with Gasteiger partial charge in [-0.15, -0.1) is 0 Å². The van der Waals surface area contributed by atoms with E-state index in [4.69, 9.17) is 21.1 Å². The van der Waals surface area contributed by atoms with Gasteiger partial charge in [-0.2, -0.15) is 4.72 Å². The van der Waals surface area contributed by atoms with E-state index in [1.165, 1.54) is 12.1 Å². The number of rotatable bonds is 14. The molecule has 12 heteroatoms. The van der Waals surface area contributed by atoms with Gasteiger partial charge in [-0.25, -0.2) is 8.42 Å². The van der Waals surface area contributed by atoms with Gasteiger partial charge >= 0.3 is 0 Å². The van der Waals surface area contributed by atoms with Crippen molar-refractivity contribution in [2.45, 2.75) is 80.8 Å². The highest BCUT2D eigenvalue weighted by molar-refractivity contribution is 7.89. The topological polar surface area (TPSA) is 137 Å². The molecule has 2 aliphatic rings. The third-order valence-electron chi connectivity index (χ3n) is 11.1. The summed E-state index contributed by atoms with van der Waals surface area (Å²) in [6.45, 7) is 4.11. The van der Waals surface area contributed by atoms with Crippen LogP contribution in [0.5, 0.6) is 0 Å². The second-order valence-corrected chi connectivity index (χ2v) is 17.5. The minimum Gasteiger partial charge on any atom is -0.392 e. The molecule has 7 rings (SSSR count). The summed E-state index contributed by atoms with van der Waals surface area (Å²) in [7, 11) is -3.97. The Bertz CT molecular complexity index is 2220. The van der Waals surface area contributed by atoms with Gasteiger partial charge in [0.1, 0.15) is 6.04 Å². The summed E-state index contributed by atoms with van der Waals surface area (Å²) in [5, 5.41) is 24.7. The maximum atomic E-state index is 13.6. The number of ether oxygens (including phenoxy) is 2. The molecule has 304 valence electrons. The smallest absolute Gasteiger partial charge is 0.241 e. The number of hydrogen-bond acceptors (Lipinski definition) is 8. The van der Waals surface area contributed by atoms with E-state index in [1.54, 1.807) is 12.1 Å². The summed E-state index contributed by atoms with van der Waals surface area (Å²) < 4.78 is 42.5. The molecule has 0 saturated carbocycles. The molecule has 0 radical (unpaired) electrons. The number of aliphatic hydroxyl groups is 2. The van der Waals surface area contributed by atoms with Crippen molar-refractivity contribution in [3.8, 4) is 0 Å². The predicted molar refractivity (Wildman–Crippen MR) is 223 cm³/mol. The van der Waals surface area contributed by atoms with Crippen molar-refractivity contribution in [3.05, 3.63) is 171 Å². The third-order valence-corrected chi connectivity index (χ3v) is 12.8. The number of halogens is 1. The molecule has 0 spiro atoms. The first kappa shape index (κ1) is 41.7. The van der Waals surface area contributed by atoms with Crippen LogP contribution >= 0.6 is 11.6 Å². The van der Waals surface area contributed by atoms with Crippen LogP contribution in [0.15, 0.2) is 132 Å². The highest BCUT2D eigenvalue weighted by Gasteiger charge is 2.37. The Morgan fingerprint density at radius 1 is 0.828 bits per heavy atom. The number of nitrogens with zero attached hydrogens (tertiary/aromatic N) is 1. The standard InChI is InChI=1S/C46H50ClN3O7S/c1-32-7-21-41(22-8-32)58(54,55)49-42(27-33-5-3-2-4-6-33)44(52)48-29-34-9-15-37(16-10-34)45-56-40(28-43(57-45)36-13-11-35(31-51)12-14-36)30-50-25-23-46(53,24-26-50)38-17-19-39(47)20-18-38/h2-22,40,42-43,45,49,51,53H,23-31H2,1H3,(H,48,52)/t40-,42-,43+,45+/m1/s1. The molecule has 0 unspecified atom stereocenters. The molecule has 2 heterocycles. The number of piperidine rings is 1. The number of benzene rings is 5. The summed E-state index contributed by atoms with van der Waals surface area (Å²) in [6.07, 6.45) is 0.928. The number of aryl methyl sites for hydroxylation is 1. The highest BCUT2D eigenvalue weighted by atomic mass is 35.5. The van der Waals surface area contributed by atoms with Crippen LogP contribution in [0, 0.1) is 6.92 Å². The normalized spacial score (nSPS) is 20.3. The number of hydrogen-bond donors (Lipinski definition) is 4. The van der Waals surface area contributed by atoms with Crippen molar-refractivity contribution in [2.24, 2.45) is 0 Å². The van der Waals surface area contributed by atoms with E-state index in [0.717, 1.165) is 38.9 Å². The summed E-state index contributed by atoms with van der Waals surface area (Å²) in [5.74, 6) is -0.440. The fourth-order valence-electron chi connectivity index (χ4n) is 7.59. The number of aliphatic hydroxyl groups excluding tert-OH is 1. The van der Waals surface area contributed by atoms with E-state index in [-0.39, 0.29) is 36.7 Å². The van der Waals surface area contributed by atoms with Crippen molar-refractivity contribution >= 4 is 27.5 Å². The van der Waals surface area contributed by atoms with Gasteiger partial charge in [-0.3, -0.25) is 4.79 Å². The molecule has 2 fully saturated rings. The fraction of sp³-hybridized carbons (Fsp3) is 0.326. The Morgan fingerprint density at radius 3 is 2.12 bits per heavy atom. The van der Waals surface area contributed by atoms with Crippen LogP contribution in [0.25, 0.3) is 0 Å². The molecule has 58 heavy (non-hydrogen) atoms. The molecule has 4 N–H and O–H groups in total. The van der Waals surface area contributed by atoms with Crippen molar-refractivity contribution in [2.75, 3.05) is 19.6 Å². The molecule has 2 saturated heterocycles. The van der Waals surface area contributed by atoms with Crippen LogP contribution in [0.1, 0.15) is 70.6 Å². The quantitative estimate of drug-likeness (QED) is 0.0953. The number of nitrogens with one attached hydrogen (secondary N) is 2. The van der Waals surface area contributed by atoms with E-state index in [9.17, 15) is 23.4 Å². The van der Waals surface area contributed by atoms with Gasteiger partial charge in [0.15, 0.2) is 6.29 Å². The SMILES string of the molecule is Cc1ccc(S(=O)(=O)N[C@H](Cc2ccccc2)C(=O)NCc2ccc([C@H]3O[C@@H](CN4CCC(O)(c5ccc(Cl)cc5)CC4)C[C@@H](c4ccc(CO)cc4)O3)cc2)cc1. The van der Waals surface area contributed by atoms with Gasteiger partial charge in [-0.05, 0) is 78.3 Å². The van der Waals surface area contributed by atoms with Crippen LogP contribution in [-0.2, 0) is 49.5 Å². The van der Waals surface area contributed by atoms with Crippen molar-refractivity contribution in [1.29, 1.82) is 0 Å². The van der Waals surface area contributed by atoms with Gasteiger partial charge in [0.25, 0.3) is 0 Å².